The van der Waals surface area contributed by atoms with Gasteiger partial charge in [0, 0.05) is 26.2 Å². The Hall–Kier alpha value is -0.650. The minimum atomic E-state index is -0.520. The van der Waals surface area contributed by atoms with Crippen LogP contribution in [0.25, 0.3) is 0 Å². The average Bonchev–Trinajstić information content (AvgIpc) is 2.29. The molecule has 1 unspecified atom stereocenters. The van der Waals surface area contributed by atoms with Crippen molar-refractivity contribution in [3.63, 3.8) is 0 Å². The van der Waals surface area contributed by atoms with Gasteiger partial charge in [0.25, 0.3) is 0 Å². The first-order valence-corrected chi connectivity index (χ1v) is 6.23. The van der Waals surface area contributed by atoms with Crippen LogP contribution in [0.15, 0.2) is 0 Å². The second-order valence-electron chi connectivity index (χ2n) is 4.53. The quantitative estimate of drug-likeness (QED) is 0.569. The molecule has 0 spiro atoms. The molecule has 0 saturated carbocycles. The van der Waals surface area contributed by atoms with E-state index in [-0.39, 0.29) is 12.5 Å². The number of nitrogens with two attached hydrogens (primary N) is 1. The monoisotopic (exact) mass is 245 g/mol. The van der Waals surface area contributed by atoms with Crippen LogP contribution in [-0.4, -0.2) is 56.7 Å². The smallest absolute Gasteiger partial charge is 0.250 e. The highest BCUT2D eigenvalue weighted by Gasteiger charge is 2.14. The summed E-state index contributed by atoms with van der Waals surface area (Å²) < 4.78 is 4.94. The maximum atomic E-state index is 11.5. The highest BCUT2D eigenvalue weighted by Crippen LogP contribution is 1.97. The molecular formula is C12H27N3O2. The summed E-state index contributed by atoms with van der Waals surface area (Å²) in [5.41, 5.74) is 5.40. The minimum Gasteiger partial charge on any atom is -0.370 e. The summed E-state index contributed by atoms with van der Waals surface area (Å²) in [6.07, 6.45) is 1.53. The zero-order chi connectivity index (χ0) is 13.3. The third-order valence-electron chi connectivity index (χ3n) is 2.91. The third kappa shape index (κ3) is 7.31. The predicted molar refractivity (Wildman–Crippen MR) is 69.9 cm³/mol. The lowest BCUT2D eigenvalue weighted by molar-refractivity contribution is -0.130. The Bertz CT molecular complexity index is 206. The summed E-state index contributed by atoms with van der Waals surface area (Å²) >= 11 is 0. The van der Waals surface area contributed by atoms with Gasteiger partial charge in [-0.05, 0) is 40.3 Å². The number of hydrogen-bond donors (Lipinski definition) is 2. The maximum absolute atomic E-state index is 11.5. The fourth-order valence-corrected chi connectivity index (χ4v) is 1.38. The zero-order valence-electron chi connectivity index (χ0n) is 11.5. The fraction of sp³-hybridized carbons (Fsp3) is 0.917. The van der Waals surface area contributed by atoms with Crippen LogP contribution in [0.1, 0.15) is 26.7 Å². The number of ether oxygens (including phenoxy) is 1. The van der Waals surface area contributed by atoms with E-state index in [2.05, 4.69) is 31.1 Å². The van der Waals surface area contributed by atoms with Crippen LogP contribution in [-0.2, 0) is 9.53 Å². The fourth-order valence-electron chi connectivity index (χ4n) is 1.38. The number of amides is 1. The van der Waals surface area contributed by atoms with Gasteiger partial charge in [-0.15, -0.1) is 0 Å². The van der Waals surface area contributed by atoms with Gasteiger partial charge in [-0.2, -0.15) is 0 Å². The molecule has 5 heteroatoms. The summed E-state index contributed by atoms with van der Waals surface area (Å²) in [4.78, 5) is 13.8. The Kier molecular flexibility index (Phi) is 9.03. The highest BCUT2D eigenvalue weighted by molar-refractivity contribution is 5.80. The Labute approximate surface area is 105 Å². The third-order valence-corrected chi connectivity index (χ3v) is 2.91. The van der Waals surface area contributed by atoms with Crippen LogP contribution in [0, 0.1) is 0 Å². The molecule has 3 N–H and O–H groups in total. The SMILES string of the molecule is COC(CN)C(=O)NCCCCN(C)C(C)C. The summed E-state index contributed by atoms with van der Waals surface area (Å²) in [6.45, 7) is 6.31. The number of carbonyl (C=O) groups excluding carboxylic acids is 1. The summed E-state index contributed by atoms with van der Waals surface area (Å²) in [5, 5.41) is 2.83. The molecule has 1 amide bonds. The Morgan fingerprint density at radius 2 is 2.06 bits per heavy atom. The molecular weight excluding hydrogens is 218 g/mol. The molecule has 102 valence electrons. The van der Waals surface area contributed by atoms with Crippen LogP contribution in [0.4, 0.5) is 0 Å². The van der Waals surface area contributed by atoms with Gasteiger partial charge in [-0.3, -0.25) is 4.79 Å². The number of hydrogen-bond acceptors (Lipinski definition) is 4. The molecule has 5 nitrogen and oxygen atoms in total. The average molecular weight is 245 g/mol. The molecule has 0 aliphatic heterocycles. The van der Waals surface area contributed by atoms with Crippen molar-refractivity contribution in [2.45, 2.75) is 38.8 Å². The van der Waals surface area contributed by atoms with Crippen LogP contribution < -0.4 is 11.1 Å². The molecule has 0 aromatic rings. The van der Waals surface area contributed by atoms with Crippen molar-refractivity contribution >= 4 is 5.91 Å². The van der Waals surface area contributed by atoms with Crippen molar-refractivity contribution in [1.29, 1.82) is 0 Å². The summed E-state index contributed by atoms with van der Waals surface area (Å²) in [6, 6.07) is 0.569. The first-order chi connectivity index (χ1) is 8.02. The standard InChI is InChI=1S/C12H27N3O2/c1-10(2)15(3)8-6-5-7-14-12(16)11(9-13)17-4/h10-11H,5-9,13H2,1-4H3,(H,14,16). The van der Waals surface area contributed by atoms with E-state index in [1.165, 1.54) is 7.11 Å². The Balaban J connectivity index is 3.54. The van der Waals surface area contributed by atoms with Crippen LogP contribution in [0.5, 0.6) is 0 Å². The highest BCUT2D eigenvalue weighted by atomic mass is 16.5. The van der Waals surface area contributed by atoms with E-state index in [0.29, 0.717) is 12.6 Å². The minimum absolute atomic E-state index is 0.118. The van der Waals surface area contributed by atoms with Gasteiger partial charge in [0.1, 0.15) is 6.10 Å². The van der Waals surface area contributed by atoms with E-state index < -0.39 is 6.10 Å². The van der Waals surface area contributed by atoms with E-state index in [9.17, 15) is 4.79 Å². The molecule has 0 aliphatic rings. The van der Waals surface area contributed by atoms with Crippen molar-refractivity contribution in [2.24, 2.45) is 5.73 Å². The first kappa shape index (κ1) is 16.4. The predicted octanol–water partition coefficient (Wildman–Crippen LogP) is 0.197. The second kappa shape index (κ2) is 9.39. The molecule has 0 bridgehead atoms. The number of nitrogens with zero attached hydrogens (tertiary/aromatic N) is 1. The first-order valence-electron chi connectivity index (χ1n) is 6.23. The van der Waals surface area contributed by atoms with Gasteiger partial charge in [-0.1, -0.05) is 0 Å². The van der Waals surface area contributed by atoms with Crippen LogP contribution in [0.2, 0.25) is 0 Å². The van der Waals surface area contributed by atoms with Gasteiger partial charge in [-0.25, -0.2) is 0 Å². The normalized spacial score (nSPS) is 13.1. The van der Waals surface area contributed by atoms with Gasteiger partial charge < -0.3 is 20.7 Å². The number of carbonyl (C=O) groups is 1. The van der Waals surface area contributed by atoms with Crippen LogP contribution >= 0.6 is 0 Å². The van der Waals surface area contributed by atoms with Crippen molar-refractivity contribution in [2.75, 3.05) is 33.8 Å². The molecule has 0 rings (SSSR count). The van der Waals surface area contributed by atoms with Crippen molar-refractivity contribution in [3.8, 4) is 0 Å². The van der Waals surface area contributed by atoms with E-state index in [1.807, 2.05) is 0 Å². The van der Waals surface area contributed by atoms with Crippen molar-refractivity contribution < 1.29 is 9.53 Å². The van der Waals surface area contributed by atoms with Gasteiger partial charge in [0.15, 0.2) is 0 Å². The molecule has 0 saturated heterocycles. The molecule has 0 radical (unpaired) electrons. The number of rotatable bonds is 9. The van der Waals surface area contributed by atoms with E-state index >= 15 is 0 Å². The lowest BCUT2D eigenvalue weighted by Gasteiger charge is -2.20. The van der Waals surface area contributed by atoms with E-state index in [4.69, 9.17) is 10.5 Å². The largest absolute Gasteiger partial charge is 0.370 e. The number of nitrogens with one attached hydrogen (secondary N) is 1. The Morgan fingerprint density at radius 3 is 2.53 bits per heavy atom. The van der Waals surface area contributed by atoms with E-state index in [1.54, 1.807) is 0 Å². The summed E-state index contributed by atoms with van der Waals surface area (Å²) in [5.74, 6) is -0.118. The maximum Gasteiger partial charge on any atom is 0.250 e. The van der Waals surface area contributed by atoms with Gasteiger partial charge in [0.2, 0.25) is 5.91 Å². The lowest BCUT2D eigenvalue weighted by atomic mass is 10.2. The molecule has 0 heterocycles. The molecule has 1 atom stereocenters. The van der Waals surface area contributed by atoms with Crippen molar-refractivity contribution in [3.05, 3.63) is 0 Å². The van der Waals surface area contributed by atoms with Gasteiger partial charge >= 0.3 is 0 Å². The van der Waals surface area contributed by atoms with Gasteiger partial charge in [0.05, 0.1) is 0 Å². The zero-order valence-corrected chi connectivity index (χ0v) is 11.5. The second-order valence-corrected chi connectivity index (χ2v) is 4.53. The molecule has 0 aromatic heterocycles. The van der Waals surface area contributed by atoms with Crippen LogP contribution in [0.3, 0.4) is 0 Å². The molecule has 17 heavy (non-hydrogen) atoms. The van der Waals surface area contributed by atoms with E-state index in [0.717, 1.165) is 19.4 Å². The Morgan fingerprint density at radius 1 is 1.41 bits per heavy atom. The number of methoxy groups -OCH3 is 1. The topological polar surface area (TPSA) is 67.6 Å². The lowest BCUT2D eigenvalue weighted by Crippen LogP contribution is -2.41. The molecule has 0 fully saturated rings. The summed E-state index contributed by atoms with van der Waals surface area (Å²) in [7, 11) is 3.60. The number of unbranched alkanes of at least 4 members (excludes halogenated alkanes) is 1. The van der Waals surface area contributed by atoms with Crippen molar-refractivity contribution in [1.82, 2.24) is 10.2 Å². The molecule has 0 aromatic carbocycles. The molecule has 0 aliphatic carbocycles.